The molecule has 23 heavy (non-hydrogen) atoms. The average molecular weight is 310 g/mol. The number of ether oxygens (including phenoxy) is 1. The van der Waals surface area contributed by atoms with Crippen molar-refractivity contribution >= 4 is 16.7 Å². The number of allylic oxidation sites excluding steroid dienone is 3. The lowest BCUT2D eigenvalue weighted by atomic mass is 9.91. The number of benzene rings is 1. The lowest BCUT2D eigenvalue weighted by Crippen LogP contribution is -2.17. The molecule has 1 aliphatic rings. The van der Waals surface area contributed by atoms with E-state index in [1.54, 1.807) is 6.08 Å². The molecule has 1 saturated heterocycles. The fourth-order valence-corrected chi connectivity index (χ4v) is 2.78. The minimum Gasteiger partial charge on any atom is -0.436 e. The smallest absolute Gasteiger partial charge is 0.226 e. The van der Waals surface area contributed by atoms with Crippen LogP contribution in [-0.2, 0) is 4.74 Å². The maximum absolute atomic E-state index is 6.17. The van der Waals surface area contributed by atoms with Crippen molar-refractivity contribution in [2.45, 2.75) is 19.3 Å². The van der Waals surface area contributed by atoms with E-state index in [4.69, 9.17) is 14.9 Å². The second-order valence-corrected chi connectivity index (χ2v) is 5.98. The Labute approximate surface area is 136 Å². The molecule has 0 unspecified atom stereocenters. The number of hydrogen-bond acceptors (Lipinski definition) is 4. The Morgan fingerprint density at radius 1 is 1.26 bits per heavy atom. The highest BCUT2D eigenvalue weighted by Gasteiger charge is 2.16. The lowest BCUT2D eigenvalue weighted by Gasteiger charge is -2.22. The summed E-state index contributed by atoms with van der Waals surface area (Å²) in [6.45, 7) is 9.79. The second-order valence-electron chi connectivity index (χ2n) is 5.98. The van der Waals surface area contributed by atoms with E-state index in [9.17, 15) is 0 Å². The largest absolute Gasteiger partial charge is 0.436 e. The Bertz CT molecular complexity index is 719. The van der Waals surface area contributed by atoms with Crippen LogP contribution in [0.25, 0.3) is 16.7 Å². The van der Waals surface area contributed by atoms with Crippen LogP contribution in [0.2, 0.25) is 0 Å². The van der Waals surface area contributed by atoms with Gasteiger partial charge in [-0.05, 0) is 49.0 Å². The van der Waals surface area contributed by atoms with Crippen molar-refractivity contribution in [3.63, 3.8) is 0 Å². The Morgan fingerprint density at radius 3 is 2.74 bits per heavy atom. The van der Waals surface area contributed by atoms with Gasteiger partial charge < -0.3 is 14.9 Å². The molecule has 0 saturated carbocycles. The highest BCUT2D eigenvalue weighted by molar-refractivity contribution is 5.77. The maximum Gasteiger partial charge on any atom is 0.226 e. The first-order valence-corrected chi connectivity index (χ1v) is 7.91. The van der Waals surface area contributed by atoms with Crippen LogP contribution in [0.3, 0.4) is 0 Å². The fourth-order valence-electron chi connectivity index (χ4n) is 2.78. The van der Waals surface area contributed by atoms with Crippen LogP contribution in [-0.4, -0.2) is 18.2 Å². The summed E-state index contributed by atoms with van der Waals surface area (Å²) in [5.41, 5.74) is 9.97. The zero-order valence-electron chi connectivity index (χ0n) is 13.3. The summed E-state index contributed by atoms with van der Waals surface area (Å²) >= 11 is 0. The van der Waals surface area contributed by atoms with E-state index in [1.807, 2.05) is 24.3 Å². The molecule has 0 aliphatic carbocycles. The monoisotopic (exact) mass is 310 g/mol. The summed E-state index contributed by atoms with van der Waals surface area (Å²) in [6, 6.07) is 7.64. The van der Waals surface area contributed by atoms with Gasteiger partial charge in [0.1, 0.15) is 5.52 Å². The van der Waals surface area contributed by atoms with Gasteiger partial charge in [-0.2, -0.15) is 0 Å². The minimum absolute atomic E-state index is 0.494. The van der Waals surface area contributed by atoms with Gasteiger partial charge in [0.2, 0.25) is 5.89 Å². The molecule has 0 amide bonds. The summed E-state index contributed by atoms with van der Waals surface area (Å²) in [4.78, 5) is 4.43. The van der Waals surface area contributed by atoms with E-state index in [1.165, 1.54) is 0 Å². The van der Waals surface area contributed by atoms with Gasteiger partial charge in [0.25, 0.3) is 0 Å². The molecule has 0 bridgehead atoms. The van der Waals surface area contributed by atoms with Crippen molar-refractivity contribution in [1.82, 2.24) is 4.98 Å². The number of oxazole rings is 1. The van der Waals surface area contributed by atoms with Crippen LogP contribution < -0.4 is 5.73 Å². The number of para-hydroxylation sites is 2. The highest BCUT2D eigenvalue weighted by atomic mass is 16.5. The van der Waals surface area contributed by atoms with Gasteiger partial charge in [-0.3, -0.25) is 0 Å². The van der Waals surface area contributed by atoms with Gasteiger partial charge in [-0.1, -0.05) is 25.3 Å². The van der Waals surface area contributed by atoms with E-state index in [0.717, 1.165) is 49.1 Å². The summed E-state index contributed by atoms with van der Waals surface area (Å²) < 4.78 is 11.1. The standard InChI is InChI=1S/C19H22N2O2/c1-13(11-15-7-9-22-10-8-15)16(20)12-14(2)19-21-17-5-3-4-6-18(17)23-19/h3-6,12,15H,1-2,7-11,20H2/b16-12+. The van der Waals surface area contributed by atoms with Gasteiger partial charge in [-0.15, -0.1) is 0 Å². The minimum atomic E-state index is 0.494. The number of fused-ring (bicyclic) bond motifs is 1. The molecule has 0 spiro atoms. The molecule has 3 rings (SSSR count). The fraction of sp³-hybridized carbons (Fsp3) is 0.316. The SMILES string of the molecule is C=C(CC1CCOCC1)/C(N)=C\C(=C)c1nc2ccccc2o1. The van der Waals surface area contributed by atoms with Crippen molar-refractivity contribution in [2.24, 2.45) is 11.7 Å². The first-order chi connectivity index (χ1) is 11.1. The number of aromatic nitrogens is 1. The lowest BCUT2D eigenvalue weighted by molar-refractivity contribution is 0.0667. The predicted molar refractivity (Wildman–Crippen MR) is 92.6 cm³/mol. The van der Waals surface area contributed by atoms with E-state index < -0.39 is 0 Å². The third-order valence-corrected chi connectivity index (χ3v) is 4.18. The van der Waals surface area contributed by atoms with Crippen LogP contribution in [0.15, 0.2) is 59.2 Å². The molecule has 2 heterocycles. The number of rotatable bonds is 5. The van der Waals surface area contributed by atoms with Crippen molar-refractivity contribution < 1.29 is 9.15 Å². The third-order valence-electron chi connectivity index (χ3n) is 4.18. The van der Waals surface area contributed by atoms with Gasteiger partial charge in [0.05, 0.1) is 0 Å². The van der Waals surface area contributed by atoms with Crippen molar-refractivity contribution in [3.8, 4) is 0 Å². The zero-order valence-corrected chi connectivity index (χ0v) is 13.3. The number of nitrogens with two attached hydrogens (primary N) is 1. The van der Waals surface area contributed by atoms with Gasteiger partial charge in [0.15, 0.2) is 5.58 Å². The Kier molecular flexibility index (Phi) is 4.63. The highest BCUT2D eigenvalue weighted by Crippen LogP contribution is 2.26. The second kappa shape index (κ2) is 6.84. The van der Waals surface area contributed by atoms with Gasteiger partial charge in [-0.25, -0.2) is 4.98 Å². The Balaban J connectivity index is 1.68. The molecule has 0 radical (unpaired) electrons. The molecule has 0 atom stereocenters. The molecular weight excluding hydrogens is 288 g/mol. The van der Waals surface area contributed by atoms with Crippen molar-refractivity contribution in [1.29, 1.82) is 0 Å². The van der Waals surface area contributed by atoms with Crippen LogP contribution >= 0.6 is 0 Å². The summed E-state index contributed by atoms with van der Waals surface area (Å²) in [7, 11) is 0. The predicted octanol–water partition coefficient (Wildman–Crippen LogP) is 4.06. The van der Waals surface area contributed by atoms with Crippen LogP contribution in [0, 0.1) is 5.92 Å². The van der Waals surface area contributed by atoms with E-state index in [2.05, 4.69) is 18.1 Å². The molecule has 1 aromatic heterocycles. The van der Waals surface area contributed by atoms with E-state index in [0.29, 0.717) is 23.1 Å². The molecule has 1 aromatic carbocycles. The van der Waals surface area contributed by atoms with E-state index >= 15 is 0 Å². The zero-order chi connectivity index (χ0) is 16.2. The normalized spacial score (nSPS) is 16.6. The maximum atomic E-state index is 6.17. The molecule has 120 valence electrons. The molecule has 4 heteroatoms. The van der Waals surface area contributed by atoms with Gasteiger partial charge in [0, 0.05) is 24.5 Å². The molecule has 4 nitrogen and oxygen atoms in total. The van der Waals surface area contributed by atoms with Crippen LogP contribution in [0.5, 0.6) is 0 Å². The Hall–Kier alpha value is -2.33. The number of nitrogens with zero attached hydrogens (tertiary/aromatic N) is 1. The Morgan fingerprint density at radius 2 is 2.00 bits per heavy atom. The first kappa shape index (κ1) is 15.6. The summed E-state index contributed by atoms with van der Waals surface area (Å²) in [5.74, 6) is 1.09. The quantitative estimate of drug-likeness (QED) is 0.846. The molecule has 1 aliphatic heterocycles. The summed E-state index contributed by atoms with van der Waals surface area (Å²) in [5, 5.41) is 0. The molecule has 1 fully saturated rings. The molecule has 2 N–H and O–H groups in total. The summed E-state index contributed by atoms with van der Waals surface area (Å²) in [6.07, 6.45) is 4.83. The van der Waals surface area contributed by atoms with Crippen molar-refractivity contribution in [3.05, 3.63) is 60.7 Å². The van der Waals surface area contributed by atoms with Crippen LogP contribution in [0.1, 0.15) is 25.2 Å². The van der Waals surface area contributed by atoms with Crippen molar-refractivity contribution in [2.75, 3.05) is 13.2 Å². The first-order valence-electron chi connectivity index (χ1n) is 7.91. The number of hydrogen-bond donors (Lipinski definition) is 1. The third kappa shape index (κ3) is 3.71. The average Bonchev–Trinajstić information content (AvgIpc) is 3.00. The van der Waals surface area contributed by atoms with Gasteiger partial charge >= 0.3 is 0 Å². The molecular formula is C19H22N2O2. The van der Waals surface area contributed by atoms with E-state index in [-0.39, 0.29) is 0 Å². The topological polar surface area (TPSA) is 61.3 Å². The molecule has 2 aromatic rings. The van der Waals surface area contributed by atoms with Crippen LogP contribution in [0.4, 0.5) is 0 Å².